The number of nitrogens with zero attached hydrogens (tertiary/aromatic N) is 4. The fourth-order valence-electron chi connectivity index (χ4n) is 2.46. The number of aromatic nitrogens is 4. The molecule has 0 fully saturated rings. The molecule has 0 bridgehead atoms. The van der Waals surface area contributed by atoms with Gasteiger partial charge >= 0.3 is 23.5 Å². The predicted molar refractivity (Wildman–Crippen MR) is 107 cm³/mol. The van der Waals surface area contributed by atoms with Crippen LogP contribution >= 0.6 is 23.5 Å². The number of alkyl halides is 1. The second-order valence-corrected chi connectivity index (χ2v) is 11.0. The fraction of sp³-hybridized carbons (Fsp3) is 0.583. The topological polar surface area (TPSA) is 279 Å². The van der Waals surface area contributed by atoms with Crippen LogP contribution in [0.3, 0.4) is 0 Å². The molecule has 0 amide bonds. The van der Waals surface area contributed by atoms with E-state index in [-0.39, 0.29) is 17.0 Å². The van der Waals surface area contributed by atoms with Gasteiger partial charge in [-0.1, -0.05) is 0 Å². The molecule has 34 heavy (non-hydrogen) atoms. The summed E-state index contributed by atoms with van der Waals surface area (Å²) >= 11 is 0. The quantitative estimate of drug-likeness (QED) is 0.151. The highest BCUT2D eigenvalue weighted by atomic mass is 31.3. The number of anilines is 1. The number of aliphatic hydroxyl groups is 2. The number of rotatable bonds is 13. The van der Waals surface area contributed by atoms with Crippen LogP contribution < -0.4 is 5.73 Å². The number of fused-ring (bicyclic) bond motifs is 1. The Bertz CT molecular complexity index is 1140. The van der Waals surface area contributed by atoms with Crippen LogP contribution in [0.5, 0.6) is 0 Å². The normalized spacial score (nSPS) is 19.8. The van der Waals surface area contributed by atoms with Crippen molar-refractivity contribution in [3.05, 3.63) is 12.7 Å². The van der Waals surface area contributed by atoms with E-state index in [1.807, 2.05) is 0 Å². The summed E-state index contributed by atoms with van der Waals surface area (Å²) in [5, 5.41) is 19.9. The Balaban J connectivity index is 2.27. The van der Waals surface area contributed by atoms with E-state index in [9.17, 15) is 38.1 Å². The lowest BCUT2D eigenvalue weighted by Crippen LogP contribution is -2.51. The molecule has 2 unspecified atom stereocenters. The standard InChI is InChI=1S/C12H21FN5O13P3/c1-7(20)12(3-13,4-28-33(24,25)31-34(26,27)30-32(21,22)23)29-8(2-19)18-6-17-9-10(14)15-5-16-11(9)18/h5-8,19-20H,2-4H2,1H3,(H,24,25)(H,26,27)(H2,14,15,16)(H2,21,22,23)/t7-,8+,12+/m0/s1. The summed E-state index contributed by atoms with van der Waals surface area (Å²) in [5.74, 6) is -0.0274. The average Bonchev–Trinajstić information content (AvgIpc) is 3.11. The van der Waals surface area contributed by atoms with Crippen LogP contribution in [0.1, 0.15) is 13.2 Å². The van der Waals surface area contributed by atoms with E-state index in [0.717, 1.165) is 24.1 Å². The number of ether oxygens (including phenoxy) is 1. The molecule has 2 aromatic heterocycles. The predicted octanol–water partition coefficient (Wildman–Crippen LogP) is -0.652. The first-order valence-electron chi connectivity index (χ1n) is 8.79. The lowest BCUT2D eigenvalue weighted by atomic mass is 10.0. The Morgan fingerprint density at radius 3 is 2.32 bits per heavy atom. The highest BCUT2D eigenvalue weighted by Gasteiger charge is 2.46. The summed E-state index contributed by atoms with van der Waals surface area (Å²) < 4.78 is 66.2. The van der Waals surface area contributed by atoms with Gasteiger partial charge in [0.15, 0.2) is 17.7 Å². The zero-order valence-corrected chi connectivity index (χ0v) is 19.7. The van der Waals surface area contributed by atoms with E-state index in [1.54, 1.807) is 0 Å². The molecule has 0 radical (unpaired) electrons. The number of phosphoric acid groups is 3. The van der Waals surface area contributed by atoms with Gasteiger partial charge in [0, 0.05) is 0 Å². The Labute approximate surface area is 189 Å². The third-order valence-electron chi connectivity index (χ3n) is 4.10. The maximum Gasteiger partial charge on any atom is 0.490 e. The second kappa shape index (κ2) is 10.7. The maximum absolute atomic E-state index is 14.1. The first-order valence-corrected chi connectivity index (χ1v) is 13.3. The van der Waals surface area contributed by atoms with Gasteiger partial charge < -0.3 is 40.3 Å². The lowest BCUT2D eigenvalue weighted by Gasteiger charge is -2.37. The van der Waals surface area contributed by atoms with Crippen molar-refractivity contribution in [2.75, 3.05) is 25.6 Å². The van der Waals surface area contributed by atoms with Crippen molar-refractivity contribution in [1.29, 1.82) is 0 Å². The Morgan fingerprint density at radius 2 is 1.79 bits per heavy atom. The average molecular weight is 555 g/mol. The van der Waals surface area contributed by atoms with E-state index >= 15 is 0 Å². The van der Waals surface area contributed by atoms with Gasteiger partial charge in [0.25, 0.3) is 0 Å². The number of nitrogens with two attached hydrogens (primary N) is 1. The van der Waals surface area contributed by atoms with Crippen molar-refractivity contribution >= 4 is 40.4 Å². The van der Waals surface area contributed by atoms with Gasteiger partial charge in [-0.3, -0.25) is 9.09 Å². The molecule has 8 N–H and O–H groups in total. The highest BCUT2D eigenvalue weighted by molar-refractivity contribution is 7.66. The van der Waals surface area contributed by atoms with Crippen molar-refractivity contribution in [2.24, 2.45) is 0 Å². The van der Waals surface area contributed by atoms with E-state index in [4.69, 9.17) is 20.3 Å². The number of halogens is 1. The maximum atomic E-state index is 14.1. The number of nitrogen functional groups attached to an aromatic ring is 1. The second-order valence-electron chi connectivity index (χ2n) is 6.58. The van der Waals surface area contributed by atoms with Crippen molar-refractivity contribution in [2.45, 2.75) is 24.9 Å². The van der Waals surface area contributed by atoms with E-state index in [1.165, 1.54) is 0 Å². The lowest BCUT2D eigenvalue weighted by molar-refractivity contribution is -0.205. The number of aliphatic hydroxyl groups excluding tert-OH is 2. The van der Waals surface area contributed by atoms with Crippen LogP contribution in [-0.4, -0.2) is 80.9 Å². The minimum atomic E-state index is -5.83. The monoisotopic (exact) mass is 555 g/mol. The van der Waals surface area contributed by atoms with Crippen LogP contribution in [0.4, 0.5) is 10.2 Å². The molecule has 2 rings (SSSR count). The van der Waals surface area contributed by atoms with Gasteiger partial charge in [0.1, 0.15) is 24.1 Å². The van der Waals surface area contributed by atoms with Crippen LogP contribution in [-0.2, 0) is 31.6 Å². The van der Waals surface area contributed by atoms with Gasteiger partial charge in [0.05, 0.1) is 25.6 Å². The SMILES string of the molecule is C[C@H](O)[C@@](CF)(COP(=O)(O)OP(=O)(O)OP(=O)(O)O)O[C@H](CO)n1cnc2c(N)ncnc21. The van der Waals surface area contributed by atoms with Gasteiger partial charge in [-0.15, -0.1) is 0 Å². The molecule has 0 aromatic carbocycles. The molecule has 0 saturated heterocycles. The number of imidazole rings is 1. The van der Waals surface area contributed by atoms with Gasteiger partial charge in [-0.25, -0.2) is 33.0 Å². The molecule has 2 aromatic rings. The molecule has 0 spiro atoms. The molecule has 18 nitrogen and oxygen atoms in total. The van der Waals surface area contributed by atoms with Crippen LogP contribution in [0.25, 0.3) is 11.2 Å². The smallest absolute Gasteiger partial charge is 0.392 e. The van der Waals surface area contributed by atoms with E-state index < -0.39 is 61.3 Å². The van der Waals surface area contributed by atoms with Crippen molar-refractivity contribution < 1.29 is 65.8 Å². The minimum absolute atomic E-state index is 0.0274. The Kier molecular flexibility index (Phi) is 9.04. The zero-order valence-electron chi connectivity index (χ0n) is 17.1. The van der Waals surface area contributed by atoms with Crippen molar-refractivity contribution in [3.8, 4) is 0 Å². The Morgan fingerprint density at radius 1 is 1.15 bits per heavy atom. The van der Waals surface area contributed by atoms with Gasteiger partial charge in [0.2, 0.25) is 0 Å². The fourth-order valence-corrected chi connectivity index (χ4v) is 5.54. The van der Waals surface area contributed by atoms with Crippen LogP contribution in [0.2, 0.25) is 0 Å². The number of phosphoric ester groups is 1. The summed E-state index contributed by atoms with van der Waals surface area (Å²) in [6.45, 7) is -2.79. The highest BCUT2D eigenvalue weighted by Crippen LogP contribution is 2.66. The molecule has 5 atom stereocenters. The first-order chi connectivity index (χ1) is 15.5. The van der Waals surface area contributed by atoms with Gasteiger partial charge in [-0.2, -0.15) is 8.62 Å². The van der Waals surface area contributed by atoms with E-state index in [2.05, 4.69) is 28.1 Å². The molecule has 0 aliphatic heterocycles. The Hall–Kier alpha value is -1.43. The number of hydrogen-bond acceptors (Lipinski definition) is 13. The molecule has 194 valence electrons. The summed E-state index contributed by atoms with van der Waals surface area (Å²) in [6.07, 6.45) is -1.15. The minimum Gasteiger partial charge on any atom is -0.392 e. The molecule has 0 saturated carbocycles. The van der Waals surface area contributed by atoms with Crippen molar-refractivity contribution in [3.63, 3.8) is 0 Å². The largest absolute Gasteiger partial charge is 0.490 e. The molecule has 0 aliphatic carbocycles. The first kappa shape index (κ1) is 28.8. The van der Waals surface area contributed by atoms with E-state index in [0.29, 0.717) is 0 Å². The molecular weight excluding hydrogens is 534 g/mol. The van der Waals surface area contributed by atoms with Gasteiger partial charge in [-0.05, 0) is 6.92 Å². The van der Waals surface area contributed by atoms with Crippen LogP contribution in [0.15, 0.2) is 12.7 Å². The summed E-state index contributed by atoms with van der Waals surface area (Å²) in [7, 11) is -17.1. The zero-order chi connectivity index (χ0) is 25.9. The summed E-state index contributed by atoms with van der Waals surface area (Å²) in [6, 6.07) is 0. The number of hydrogen-bond donors (Lipinski definition) is 7. The molecule has 22 heteroatoms. The van der Waals surface area contributed by atoms with Crippen molar-refractivity contribution in [1.82, 2.24) is 19.5 Å². The summed E-state index contributed by atoms with van der Waals surface area (Å²) in [4.78, 5) is 47.5. The third-order valence-corrected chi connectivity index (χ3v) is 7.88. The molecule has 2 heterocycles. The molecular formula is C12H21FN5O13P3. The summed E-state index contributed by atoms with van der Waals surface area (Å²) in [5.41, 5.74) is 3.32. The third kappa shape index (κ3) is 7.29. The van der Waals surface area contributed by atoms with Crippen LogP contribution in [0, 0.1) is 0 Å². The molecule has 0 aliphatic rings.